The molecule has 5 heteroatoms. The molecule has 1 heterocycles. The summed E-state index contributed by atoms with van der Waals surface area (Å²) in [7, 11) is 1.61. The van der Waals surface area contributed by atoms with Gasteiger partial charge in [-0.25, -0.2) is 4.98 Å². The lowest BCUT2D eigenvalue weighted by Gasteiger charge is -2.18. The van der Waals surface area contributed by atoms with Gasteiger partial charge in [0.15, 0.2) is 11.5 Å². The smallest absolute Gasteiger partial charge is 0.278 e. The number of aryl methyl sites for hydroxylation is 1. The summed E-state index contributed by atoms with van der Waals surface area (Å²) >= 11 is 0. The van der Waals surface area contributed by atoms with E-state index in [-0.39, 0.29) is 17.0 Å². The van der Waals surface area contributed by atoms with Crippen LogP contribution in [0.5, 0.6) is 5.75 Å². The monoisotopic (exact) mass is 454 g/mol. The predicted molar refractivity (Wildman–Crippen MR) is 136 cm³/mol. The summed E-state index contributed by atoms with van der Waals surface area (Å²) in [6, 6.07) is 23.3. The van der Waals surface area contributed by atoms with E-state index in [1.807, 2.05) is 30.3 Å². The SMILES string of the molecule is CCc1cccc(-c2oc(-c3ccc(C(C)(C)C)cc3)nc2C(=O)Nc2ccc(OC)cc2)c1. The normalized spacial score (nSPS) is 11.3. The predicted octanol–water partition coefficient (Wildman–Crippen LogP) is 7.13. The van der Waals surface area contributed by atoms with Crippen LogP contribution in [0.1, 0.15) is 49.3 Å². The molecule has 0 aliphatic rings. The molecule has 0 atom stereocenters. The van der Waals surface area contributed by atoms with Gasteiger partial charge >= 0.3 is 0 Å². The molecule has 5 nitrogen and oxygen atoms in total. The van der Waals surface area contributed by atoms with Gasteiger partial charge in [-0.3, -0.25) is 4.79 Å². The molecule has 0 saturated carbocycles. The summed E-state index contributed by atoms with van der Waals surface area (Å²) in [5.74, 6) is 1.26. The zero-order valence-electron chi connectivity index (χ0n) is 20.3. The third kappa shape index (κ3) is 5.04. The van der Waals surface area contributed by atoms with Crippen LogP contribution in [0.25, 0.3) is 22.8 Å². The minimum absolute atomic E-state index is 0.0459. The summed E-state index contributed by atoms with van der Waals surface area (Å²) in [5.41, 5.74) is 4.97. The van der Waals surface area contributed by atoms with Gasteiger partial charge in [-0.15, -0.1) is 0 Å². The molecule has 1 N–H and O–H groups in total. The second kappa shape index (κ2) is 9.56. The van der Waals surface area contributed by atoms with E-state index in [2.05, 4.69) is 56.2 Å². The Morgan fingerprint density at radius 3 is 2.29 bits per heavy atom. The quantitative estimate of drug-likeness (QED) is 0.337. The van der Waals surface area contributed by atoms with Crippen LogP contribution < -0.4 is 10.1 Å². The lowest BCUT2D eigenvalue weighted by atomic mass is 9.87. The van der Waals surface area contributed by atoms with Crippen LogP contribution in [0.4, 0.5) is 5.69 Å². The molecule has 0 saturated heterocycles. The fraction of sp³-hybridized carbons (Fsp3) is 0.241. The van der Waals surface area contributed by atoms with Crippen LogP contribution in [-0.4, -0.2) is 18.0 Å². The molecule has 4 rings (SSSR count). The fourth-order valence-electron chi connectivity index (χ4n) is 3.70. The number of hydrogen-bond acceptors (Lipinski definition) is 4. The summed E-state index contributed by atoms with van der Waals surface area (Å²) in [6.45, 7) is 8.62. The number of hydrogen-bond donors (Lipinski definition) is 1. The van der Waals surface area contributed by atoms with E-state index in [0.29, 0.717) is 17.3 Å². The lowest BCUT2D eigenvalue weighted by molar-refractivity contribution is 0.102. The Kier molecular flexibility index (Phi) is 6.55. The van der Waals surface area contributed by atoms with E-state index in [4.69, 9.17) is 9.15 Å². The molecule has 3 aromatic carbocycles. The number of rotatable bonds is 6. The molecule has 0 spiro atoms. The van der Waals surface area contributed by atoms with Crippen molar-refractivity contribution in [3.63, 3.8) is 0 Å². The number of carbonyl (C=O) groups is 1. The van der Waals surface area contributed by atoms with Gasteiger partial charge in [0.2, 0.25) is 5.89 Å². The largest absolute Gasteiger partial charge is 0.497 e. The van der Waals surface area contributed by atoms with Gasteiger partial charge in [-0.2, -0.15) is 0 Å². The van der Waals surface area contributed by atoms with Gasteiger partial charge in [0, 0.05) is 16.8 Å². The number of ether oxygens (including phenoxy) is 1. The molecule has 0 fully saturated rings. The van der Waals surface area contributed by atoms with Crippen molar-refractivity contribution in [1.82, 2.24) is 4.98 Å². The van der Waals surface area contributed by atoms with E-state index in [1.165, 1.54) is 5.56 Å². The van der Waals surface area contributed by atoms with Crippen molar-refractivity contribution in [3.8, 4) is 28.5 Å². The van der Waals surface area contributed by atoms with Crippen LogP contribution in [0, 0.1) is 0 Å². The third-order valence-corrected chi connectivity index (χ3v) is 5.79. The van der Waals surface area contributed by atoms with Gasteiger partial charge in [0.05, 0.1) is 7.11 Å². The van der Waals surface area contributed by atoms with Crippen LogP contribution in [0.3, 0.4) is 0 Å². The molecular weight excluding hydrogens is 424 g/mol. The van der Waals surface area contributed by atoms with Crippen molar-refractivity contribution in [2.45, 2.75) is 39.5 Å². The number of anilines is 1. The average molecular weight is 455 g/mol. The first-order valence-corrected chi connectivity index (χ1v) is 11.4. The van der Waals surface area contributed by atoms with Gasteiger partial charge < -0.3 is 14.5 Å². The first-order chi connectivity index (χ1) is 16.3. The van der Waals surface area contributed by atoms with Crippen LogP contribution >= 0.6 is 0 Å². The van der Waals surface area contributed by atoms with E-state index in [9.17, 15) is 4.79 Å². The maximum atomic E-state index is 13.3. The molecule has 1 amide bonds. The number of nitrogens with one attached hydrogen (secondary N) is 1. The maximum Gasteiger partial charge on any atom is 0.278 e. The molecule has 0 unspecified atom stereocenters. The Labute approximate surface area is 200 Å². The first-order valence-electron chi connectivity index (χ1n) is 11.4. The highest BCUT2D eigenvalue weighted by Gasteiger charge is 2.23. The summed E-state index contributed by atoms with van der Waals surface area (Å²) in [5, 5.41) is 2.93. The molecule has 0 aliphatic carbocycles. The van der Waals surface area contributed by atoms with E-state index in [0.717, 1.165) is 28.9 Å². The molecule has 1 aromatic heterocycles. The Morgan fingerprint density at radius 2 is 1.68 bits per heavy atom. The number of oxazole rings is 1. The van der Waals surface area contributed by atoms with Crippen LogP contribution in [0.15, 0.2) is 77.2 Å². The number of nitrogens with zero attached hydrogens (tertiary/aromatic N) is 1. The molecular formula is C29H30N2O3. The summed E-state index contributed by atoms with van der Waals surface area (Å²) in [6.07, 6.45) is 0.885. The molecule has 0 radical (unpaired) electrons. The highest BCUT2D eigenvalue weighted by Crippen LogP contribution is 2.32. The van der Waals surface area contributed by atoms with Gasteiger partial charge in [-0.05, 0) is 65.4 Å². The lowest BCUT2D eigenvalue weighted by Crippen LogP contribution is -2.13. The molecule has 174 valence electrons. The van der Waals surface area contributed by atoms with E-state index >= 15 is 0 Å². The van der Waals surface area contributed by atoms with Gasteiger partial charge in [0.1, 0.15) is 5.75 Å². The van der Waals surface area contributed by atoms with Gasteiger partial charge in [0.25, 0.3) is 5.91 Å². The third-order valence-electron chi connectivity index (χ3n) is 5.79. The number of benzene rings is 3. The Hall–Kier alpha value is -3.86. The Bertz CT molecular complexity index is 1280. The van der Waals surface area contributed by atoms with Crippen molar-refractivity contribution in [1.29, 1.82) is 0 Å². The first kappa shape index (κ1) is 23.3. The number of carbonyl (C=O) groups excluding carboxylic acids is 1. The van der Waals surface area contributed by atoms with Crippen molar-refractivity contribution < 1.29 is 13.9 Å². The maximum absolute atomic E-state index is 13.3. The van der Waals surface area contributed by atoms with Gasteiger partial charge in [-0.1, -0.05) is 58.0 Å². The number of aromatic nitrogens is 1. The summed E-state index contributed by atoms with van der Waals surface area (Å²) < 4.78 is 11.4. The van der Waals surface area contributed by atoms with Crippen molar-refractivity contribution >= 4 is 11.6 Å². The topological polar surface area (TPSA) is 64.4 Å². The second-order valence-electron chi connectivity index (χ2n) is 9.26. The van der Waals surface area contributed by atoms with Crippen LogP contribution in [0.2, 0.25) is 0 Å². The highest BCUT2D eigenvalue weighted by atomic mass is 16.5. The molecule has 0 bridgehead atoms. The molecule has 4 aromatic rings. The van der Waals surface area contributed by atoms with Crippen molar-refractivity contribution in [3.05, 3.63) is 89.6 Å². The zero-order valence-corrected chi connectivity index (χ0v) is 20.3. The van der Waals surface area contributed by atoms with Crippen molar-refractivity contribution in [2.24, 2.45) is 0 Å². The molecule has 0 aliphatic heterocycles. The second-order valence-corrected chi connectivity index (χ2v) is 9.26. The minimum Gasteiger partial charge on any atom is -0.497 e. The zero-order chi connectivity index (χ0) is 24.3. The Morgan fingerprint density at radius 1 is 0.971 bits per heavy atom. The summed E-state index contributed by atoms with van der Waals surface area (Å²) in [4.78, 5) is 17.9. The van der Waals surface area contributed by atoms with Crippen molar-refractivity contribution in [2.75, 3.05) is 12.4 Å². The highest BCUT2D eigenvalue weighted by molar-refractivity contribution is 6.06. The van der Waals surface area contributed by atoms with Crippen LogP contribution in [-0.2, 0) is 11.8 Å². The fourth-order valence-corrected chi connectivity index (χ4v) is 3.70. The molecule has 34 heavy (non-hydrogen) atoms. The number of methoxy groups -OCH3 is 1. The minimum atomic E-state index is -0.330. The number of amides is 1. The standard InChI is InChI=1S/C29H30N2O3/c1-6-19-8-7-9-21(18-19)26-25(27(32)30-23-14-16-24(33-5)17-15-23)31-28(34-26)20-10-12-22(13-11-20)29(2,3)4/h7-18H,6H2,1-5H3,(H,30,32). The average Bonchev–Trinajstić information content (AvgIpc) is 3.30. The van der Waals surface area contributed by atoms with E-state index in [1.54, 1.807) is 31.4 Å². The van der Waals surface area contributed by atoms with E-state index < -0.39 is 0 Å². The Balaban J connectivity index is 1.74.